The Morgan fingerprint density at radius 2 is 2.16 bits per heavy atom. The SMILES string of the molecule is Cc1ccc(Cl)c(NC(=O)C2CC23CCNCC3)c1. The van der Waals surface area contributed by atoms with Crippen LogP contribution in [-0.2, 0) is 4.79 Å². The monoisotopic (exact) mass is 278 g/mol. The zero-order valence-corrected chi connectivity index (χ0v) is 11.9. The molecule has 2 aliphatic rings. The van der Waals surface area contributed by atoms with Crippen LogP contribution in [-0.4, -0.2) is 19.0 Å². The minimum Gasteiger partial charge on any atom is -0.324 e. The molecule has 1 unspecified atom stereocenters. The van der Waals surface area contributed by atoms with E-state index in [-0.39, 0.29) is 17.2 Å². The molecular weight excluding hydrogens is 260 g/mol. The number of anilines is 1. The Balaban J connectivity index is 1.68. The number of benzene rings is 1. The van der Waals surface area contributed by atoms with Gasteiger partial charge in [-0.25, -0.2) is 0 Å². The van der Waals surface area contributed by atoms with Crippen LogP contribution in [0.1, 0.15) is 24.8 Å². The third kappa shape index (κ3) is 2.49. The number of rotatable bonds is 2. The van der Waals surface area contributed by atoms with Crippen LogP contribution in [0.15, 0.2) is 18.2 Å². The van der Waals surface area contributed by atoms with E-state index in [0.29, 0.717) is 5.02 Å². The summed E-state index contributed by atoms with van der Waals surface area (Å²) >= 11 is 6.12. The lowest BCUT2D eigenvalue weighted by Gasteiger charge is -2.23. The van der Waals surface area contributed by atoms with Gasteiger partial charge in [-0.05, 0) is 62.4 Å². The Hall–Kier alpha value is -1.06. The zero-order valence-electron chi connectivity index (χ0n) is 11.1. The quantitative estimate of drug-likeness (QED) is 0.873. The van der Waals surface area contributed by atoms with E-state index in [4.69, 9.17) is 11.6 Å². The topological polar surface area (TPSA) is 41.1 Å². The number of aryl methyl sites for hydroxylation is 1. The first kappa shape index (κ1) is 12.9. The van der Waals surface area contributed by atoms with E-state index in [1.807, 2.05) is 25.1 Å². The third-order valence-corrected chi connectivity index (χ3v) is 4.81. The van der Waals surface area contributed by atoms with Crippen LogP contribution in [0.25, 0.3) is 0 Å². The average molecular weight is 279 g/mol. The van der Waals surface area contributed by atoms with Gasteiger partial charge in [0.1, 0.15) is 0 Å². The van der Waals surface area contributed by atoms with Crippen molar-refractivity contribution in [2.75, 3.05) is 18.4 Å². The number of hydrogen-bond donors (Lipinski definition) is 2. The summed E-state index contributed by atoms with van der Waals surface area (Å²) in [6.07, 6.45) is 3.27. The van der Waals surface area contributed by atoms with Gasteiger partial charge in [0.15, 0.2) is 0 Å². The molecule has 1 aliphatic carbocycles. The molecule has 1 spiro atoms. The van der Waals surface area contributed by atoms with Crippen molar-refractivity contribution in [3.63, 3.8) is 0 Å². The molecule has 1 atom stereocenters. The molecule has 1 amide bonds. The Kier molecular flexibility index (Phi) is 3.27. The summed E-state index contributed by atoms with van der Waals surface area (Å²) < 4.78 is 0. The summed E-state index contributed by atoms with van der Waals surface area (Å²) in [6, 6.07) is 5.71. The highest BCUT2D eigenvalue weighted by atomic mass is 35.5. The Morgan fingerprint density at radius 1 is 1.42 bits per heavy atom. The predicted octanol–water partition coefficient (Wildman–Crippen LogP) is 2.98. The number of halogens is 1. The first-order valence-electron chi connectivity index (χ1n) is 6.88. The number of hydrogen-bond acceptors (Lipinski definition) is 2. The molecule has 0 aromatic heterocycles. The van der Waals surface area contributed by atoms with Crippen molar-refractivity contribution < 1.29 is 4.79 Å². The fourth-order valence-corrected chi connectivity index (χ4v) is 3.32. The van der Waals surface area contributed by atoms with Crippen LogP contribution in [0.2, 0.25) is 5.02 Å². The maximum atomic E-state index is 12.3. The summed E-state index contributed by atoms with van der Waals surface area (Å²) in [4.78, 5) is 12.3. The van der Waals surface area contributed by atoms with Crippen molar-refractivity contribution in [2.24, 2.45) is 11.3 Å². The maximum absolute atomic E-state index is 12.3. The van der Waals surface area contributed by atoms with Crippen LogP contribution < -0.4 is 10.6 Å². The van der Waals surface area contributed by atoms with Crippen LogP contribution in [0.4, 0.5) is 5.69 Å². The lowest BCUT2D eigenvalue weighted by atomic mass is 9.92. The van der Waals surface area contributed by atoms with Gasteiger partial charge in [0, 0.05) is 5.92 Å². The highest BCUT2D eigenvalue weighted by Gasteiger charge is 2.57. The standard InChI is InChI=1S/C15H19ClN2O/c1-10-2-3-12(16)13(8-10)18-14(19)11-9-15(11)4-6-17-7-5-15/h2-3,8,11,17H,4-7,9H2,1H3,(H,18,19). The smallest absolute Gasteiger partial charge is 0.228 e. The lowest BCUT2D eigenvalue weighted by Crippen LogP contribution is -2.31. The van der Waals surface area contributed by atoms with Crippen LogP contribution in [0, 0.1) is 18.3 Å². The highest BCUT2D eigenvalue weighted by Crippen LogP contribution is 2.58. The number of carbonyl (C=O) groups excluding carboxylic acids is 1. The molecule has 1 heterocycles. The molecule has 102 valence electrons. The second-order valence-corrected chi connectivity index (χ2v) is 6.25. The first-order valence-corrected chi connectivity index (χ1v) is 7.26. The zero-order chi connectivity index (χ0) is 13.5. The first-order chi connectivity index (χ1) is 9.11. The summed E-state index contributed by atoms with van der Waals surface area (Å²) in [5, 5.41) is 6.96. The molecular formula is C15H19ClN2O. The maximum Gasteiger partial charge on any atom is 0.228 e. The van der Waals surface area contributed by atoms with E-state index in [1.54, 1.807) is 0 Å². The largest absolute Gasteiger partial charge is 0.324 e. The van der Waals surface area contributed by atoms with Gasteiger partial charge in [0.2, 0.25) is 5.91 Å². The molecule has 4 heteroatoms. The Labute approximate surface area is 118 Å². The van der Waals surface area contributed by atoms with Crippen LogP contribution in [0.3, 0.4) is 0 Å². The second kappa shape index (κ2) is 4.80. The fourth-order valence-electron chi connectivity index (χ4n) is 3.15. The molecule has 19 heavy (non-hydrogen) atoms. The molecule has 1 aliphatic heterocycles. The van der Waals surface area contributed by atoms with E-state index < -0.39 is 0 Å². The summed E-state index contributed by atoms with van der Waals surface area (Å²) in [5.74, 6) is 0.306. The summed E-state index contributed by atoms with van der Waals surface area (Å²) in [7, 11) is 0. The van der Waals surface area contributed by atoms with Gasteiger partial charge in [-0.3, -0.25) is 4.79 Å². The van der Waals surface area contributed by atoms with Crippen molar-refractivity contribution >= 4 is 23.2 Å². The number of amides is 1. The third-order valence-electron chi connectivity index (χ3n) is 4.49. The van der Waals surface area contributed by atoms with Gasteiger partial charge in [-0.1, -0.05) is 17.7 Å². The molecule has 2 N–H and O–H groups in total. The fraction of sp³-hybridized carbons (Fsp3) is 0.533. The second-order valence-electron chi connectivity index (χ2n) is 5.84. The van der Waals surface area contributed by atoms with E-state index in [1.165, 1.54) is 0 Å². The van der Waals surface area contributed by atoms with Gasteiger partial charge in [-0.15, -0.1) is 0 Å². The molecule has 1 aromatic rings. The molecule has 1 saturated heterocycles. The Bertz CT molecular complexity index is 509. The number of piperidine rings is 1. The van der Waals surface area contributed by atoms with Crippen molar-refractivity contribution in [1.82, 2.24) is 5.32 Å². The number of nitrogens with one attached hydrogen (secondary N) is 2. The summed E-state index contributed by atoms with van der Waals surface area (Å²) in [6.45, 7) is 4.07. The number of carbonyl (C=O) groups is 1. The van der Waals surface area contributed by atoms with E-state index in [0.717, 1.165) is 43.6 Å². The predicted molar refractivity (Wildman–Crippen MR) is 77.5 cm³/mol. The van der Waals surface area contributed by atoms with E-state index in [2.05, 4.69) is 10.6 Å². The Morgan fingerprint density at radius 3 is 2.89 bits per heavy atom. The van der Waals surface area contributed by atoms with Gasteiger partial charge >= 0.3 is 0 Å². The minimum atomic E-state index is 0.134. The average Bonchev–Trinajstić information content (AvgIpc) is 3.08. The summed E-state index contributed by atoms with van der Waals surface area (Å²) in [5.41, 5.74) is 2.11. The van der Waals surface area contributed by atoms with Crippen LogP contribution in [0.5, 0.6) is 0 Å². The molecule has 2 fully saturated rings. The van der Waals surface area contributed by atoms with Crippen molar-refractivity contribution in [3.8, 4) is 0 Å². The van der Waals surface area contributed by atoms with Gasteiger partial charge < -0.3 is 10.6 Å². The lowest BCUT2D eigenvalue weighted by molar-refractivity contribution is -0.118. The van der Waals surface area contributed by atoms with Crippen molar-refractivity contribution in [3.05, 3.63) is 28.8 Å². The van der Waals surface area contributed by atoms with E-state index in [9.17, 15) is 4.79 Å². The molecule has 1 saturated carbocycles. The van der Waals surface area contributed by atoms with Crippen molar-refractivity contribution in [1.29, 1.82) is 0 Å². The van der Waals surface area contributed by atoms with Crippen molar-refractivity contribution in [2.45, 2.75) is 26.2 Å². The van der Waals surface area contributed by atoms with Gasteiger partial charge in [0.05, 0.1) is 10.7 Å². The minimum absolute atomic E-state index is 0.134. The highest BCUT2D eigenvalue weighted by molar-refractivity contribution is 6.33. The molecule has 0 radical (unpaired) electrons. The van der Waals surface area contributed by atoms with Gasteiger partial charge in [-0.2, -0.15) is 0 Å². The normalized spacial score (nSPS) is 24.2. The molecule has 3 rings (SSSR count). The molecule has 1 aromatic carbocycles. The molecule has 3 nitrogen and oxygen atoms in total. The van der Waals surface area contributed by atoms with Crippen LogP contribution >= 0.6 is 11.6 Å². The van der Waals surface area contributed by atoms with E-state index >= 15 is 0 Å². The molecule has 0 bridgehead atoms. The van der Waals surface area contributed by atoms with Gasteiger partial charge in [0.25, 0.3) is 0 Å².